The van der Waals surface area contributed by atoms with Crippen LogP contribution in [0.1, 0.15) is 39.5 Å². The lowest BCUT2D eigenvalue weighted by molar-refractivity contribution is -0.143. The zero-order valence-corrected chi connectivity index (χ0v) is 20.2. The molecule has 0 aromatic heterocycles. The number of hydrogen-bond acceptors (Lipinski definition) is 8. The predicted octanol–water partition coefficient (Wildman–Crippen LogP) is -3.24. The minimum absolute atomic E-state index is 0.0102. The van der Waals surface area contributed by atoms with E-state index in [0.29, 0.717) is 6.42 Å². The summed E-state index contributed by atoms with van der Waals surface area (Å²) in [5, 5.41) is 16.7. The molecular weight excluding hydrogens is 468 g/mol. The number of nitrogens with zero attached hydrogens (tertiary/aromatic N) is 1. The fraction of sp³-hybridized carbons (Fsp3) is 0.684. The first-order valence-electron chi connectivity index (χ1n) is 10.6. The van der Waals surface area contributed by atoms with Crippen LogP contribution < -0.4 is 38.9 Å². The van der Waals surface area contributed by atoms with Gasteiger partial charge in [0.15, 0.2) is 5.96 Å². The second-order valence-electron chi connectivity index (χ2n) is 7.93. The van der Waals surface area contributed by atoms with Crippen LogP contribution in [0.2, 0.25) is 0 Å². The summed E-state index contributed by atoms with van der Waals surface area (Å²) in [4.78, 5) is 63.9. The summed E-state index contributed by atoms with van der Waals surface area (Å²) in [5.74, 6) is -4.67. The molecule has 0 bridgehead atoms. The summed E-state index contributed by atoms with van der Waals surface area (Å²) in [7, 11) is 0. The number of aliphatic carboxylic acids is 1. The first kappa shape index (κ1) is 30.9. The van der Waals surface area contributed by atoms with Gasteiger partial charge < -0.3 is 44.0 Å². The van der Waals surface area contributed by atoms with Crippen LogP contribution in [0.3, 0.4) is 0 Å². The lowest BCUT2D eigenvalue weighted by Crippen LogP contribution is -2.58. The number of primary amides is 1. The molecule has 34 heavy (non-hydrogen) atoms. The van der Waals surface area contributed by atoms with Gasteiger partial charge in [0.2, 0.25) is 23.6 Å². The predicted molar refractivity (Wildman–Crippen MR) is 128 cm³/mol. The zero-order valence-electron chi connectivity index (χ0n) is 19.3. The summed E-state index contributed by atoms with van der Waals surface area (Å²) >= 11 is 4.06. The van der Waals surface area contributed by atoms with E-state index in [9.17, 15) is 29.1 Å². The molecule has 0 aromatic carbocycles. The van der Waals surface area contributed by atoms with Crippen molar-refractivity contribution in [1.82, 2.24) is 16.0 Å². The number of carbonyl (C=O) groups is 5. The molecule has 15 heteroatoms. The van der Waals surface area contributed by atoms with Crippen molar-refractivity contribution in [1.29, 1.82) is 0 Å². The number of nitrogens with two attached hydrogens (primary N) is 4. The Hall–Kier alpha value is -3.07. The van der Waals surface area contributed by atoms with Crippen molar-refractivity contribution in [2.45, 2.75) is 63.7 Å². The van der Waals surface area contributed by atoms with E-state index in [0.717, 1.165) is 0 Å². The Labute approximate surface area is 203 Å². The van der Waals surface area contributed by atoms with Gasteiger partial charge in [-0.3, -0.25) is 24.2 Å². The maximum Gasteiger partial charge on any atom is 0.326 e. The first-order valence-corrected chi connectivity index (χ1v) is 11.3. The van der Waals surface area contributed by atoms with Crippen molar-refractivity contribution < 1.29 is 29.1 Å². The van der Waals surface area contributed by atoms with Gasteiger partial charge in [-0.15, -0.1) is 0 Å². The summed E-state index contributed by atoms with van der Waals surface area (Å²) in [5.41, 5.74) is 21.3. The summed E-state index contributed by atoms with van der Waals surface area (Å²) in [6, 6.07) is -4.54. The zero-order chi connectivity index (χ0) is 26.4. The third kappa shape index (κ3) is 12.2. The molecule has 0 aromatic rings. The number of hydrogen-bond donors (Lipinski definition) is 9. The maximum absolute atomic E-state index is 12.8. The number of rotatable bonds is 16. The van der Waals surface area contributed by atoms with Crippen molar-refractivity contribution in [2.75, 3.05) is 12.3 Å². The van der Waals surface area contributed by atoms with Gasteiger partial charge in [-0.25, -0.2) is 4.79 Å². The molecule has 0 radical (unpaired) electrons. The number of carbonyl (C=O) groups excluding carboxylic acids is 4. The number of carboxylic acids is 1. The highest BCUT2D eigenvalue weighted by atomic mass is 32.1. The molecule has 0 aliphatic heterocycles. The highest BCUT2D eigenvalue weighted by Crippen LogP contribution is 2.06. The van der Waals surface area contributed by atoms with Crippen molar-refractivity contribution in [3.8, 4) is 0 Å². The fourth-order valence-electron chi connectivity index (χ4n) is 2.71. The Bertz CT molecular complexity index is 759. The van der Waals surface area contributed by atoms with E-state index < -0.39 is 59.7 Å². The van der Waals surface area contributed by atoms with E-state index in [4.69, 9.17) is 22.9 Å². The highest BCUT2D eigenvalue weighted by Gasteiger charge is 2.30. The monoisotopic (exact) mass is 504 g/mol. The van der Waals surface area contributed by atoms with Crippen molar-refractivity contribution in [2.24, 2.45) is 33.8 Å². The van der Waals surface area contributed by atoms with Gasteiger partial charge in [-0.2, -0.15) is 12.6 Å². The van der Waals surface area contributed by atoms with Crippen LogP contribution in [-0.4, -0.2) is 77.1 Å². The first-order chi connectivity index (χ1) is 15.8. The Morgan fingerprint density at radius 1 is 0.912 bits per heavy atom. The molecule has 12 N–H and O–H groups in total. The Kier molecular flexibility index (Phi) is 14.3. The lowest BCUT2D eigenvalue weighted by atomic mass is 10.0. The Balaban J connectivity index is 5.35. The molecular formula is C19H36N8O6S. The molecule has 4 atom stereocenters. The van der Waals surface area contributed by atoms with Crippen LogP contribution in [0.25, 0.3) is 0 Å². The van der Waals surface area contributed by atoms with Crippen LogP contribution in [0.4, 0.5) is 0 Å². The molecule has 0 fully saturated rings. The lowest BCUT2D eigenvalue weighted by Gasteiger charge is -2.25. The molecule has 0 saturated carbocycles. The third-order valence-corrected chi connectivity index (χ3v) is 5.03. The van der Waals surface area contributed by atoms with Gasteiger partial charge in [0.1, 0.15) is 18.1 Å². The number of thiol groups is 1. The van der Waals surface area contributed by atoms with E-state index >= 15 is 0 Å². The molecule has 14 nitrogen and oxygen atoms in total. The van der Waals surface area contributed by atoms with Crippen molar-refractivity contribution >= 4 is 48.2 Å². The minimum atomic E-state index is -1.22. The second-order valence-corrected chi connectivity index (χ2v) is 8.30. The van der Waals surface area contributed by atoms with E-state index in [1.165, 1.54) is 0 Å². The molecule has 4 amide bonds. The summed E-state index contributed by atoms with van der Waals surface area (Å²) < 4.78 is 0. The normalized spacial score (nSPS) is 14.3. The number of carboxylic acid groups (broad SMARTS) is 1. The van der Waals surface area contributed by atoms with Crippen LogP contribution in [0, 0.1) is 5.92 Å². The average Bonchev–Trinajstić information content (AvgIpc) is 2.74. The molecule has 4 unspecified atom stereocenters. The number of guanidine groups is 1. The molecule has 0 rings (SSSR count). The average molecular weight is 505 g/mol. The van der Waals surface area contributed by atoms with Gasteiger partial charge in [0, 0.05) is 18.7 Å². The highest BCUT2D eigenvalue weighted by molar-refractivity contribution is 7.80. The largest absolute Gasteiger partial charge is 0.480 e. The van der Waals surface area contributed by atoms with Crippen molar-refractivity contribution in [3.63, 3.8) is 0 Å². The van der Waals surface area contributed by atoms with E-state index in [1.54, 1.807) is 13.8 Å². The Morgan fingerprint density at radius 3 is 1.94 bits per heavy atom. The van der Waals surface area contributed by atoms with Gasteiger partial charge in [0.25, 0.3) is 0 Å². The molecule has 0 aliphatic rings. The number of amides is 4. The van der Waals surface area contributed by atoms with E-state index in [-0.39, 0.29) is 37.5 Å². The minimum Gasteiger partial charge on any atom is -0.480 e. The number of aliphatic imine (C=N–C) groups is 1. The smallest absolute Gasteiger partial charge is 0.326 e. The number of nitrogens with one attached hydrogen (secondary N) is 3. The van der Waals surface area contributed by atoms with Gasteiger partial charge >= 0.3 is 5.97 Å². The fourth-order valence-corrected chi connectivity index (χ4v) is 2.97. The third-order valence-electron chi connectivity index (χ3n) is 4.66. The van der Waals surface area contributed by atoms with Gasteiger partial charge in [0.05, 0.1) is 6.04 Å². The second kappa shape index (κ2) is 15.7. The summed E-state index contributed by atoms with van der Waals surface area (Å²) in [6.45, 7) is 3.43. The standard InChI is InChI=1S/C19H36N8O6S/c1-9(2)14(18(32)33)27-16(30)11(4-3-7-24-19(22)23)25-17(31)12(8-34)26-15(29)10(20)5-6-13(21)28/h9-12,14,34H,3-8,20H2,1-2H3,(H2,21,28)(H,25,31)(H,26,29)(H,27,30)(H,32,33)(H4,22,23,24). The molecule has 0 aliphatic carbocycles. The molecule has 194 valence electrons. The molecule has 0 heterocycles. The Morgan fingerprint density at radius 2 is 1.47 bits per heavy atom. The maximum atomic E-state index is 12.8. The quantitative estimate of drug-likeness (QED) is 0.0442. The SMILES string of the molecule is CC(C)C(NC(=O)C(CCCN=C(N)N)NC(=O)C(CS)NC(=O)C(N)CCC(N)=O)C(=O)O. The van der Waals surface area contributed by atoms with Crippen LogP contribution in [0.5, 0.6) is 0 Å². The van der Waals surface area contributed by atoms with E-state index in [2.05, 4.69) is 33.6 Å². The summed E-state index contributed by atoms with van der Waals surface area (Å²) in [6.07, 6.45) is 0.268. The van der Waals surface area contributed by atoms with Crippen LogP contribution >= 0.6 is 12.6 Å². The molecule has 0 saturated heterocycles. The van der Waals surface area contributed by atoms with Gasteiger partial charge in [-0.05, 0) is 25.2 Å². The van der Waals surface area contributed by atoms with Gasteiger partial charge in [-0.1, -0.05) is 13.8 Å². The van der Waals surface area contributed by atoms with Crippen molar-refractivity contribution in [3.05, 3.63) is 0 Å². The van der Waals surface area contributed by atoms with Crippen LogP contribution in [0.15, 0.2) is 4.99 Å². The topological polar surface area (TPSA) is 258 Å². The van der Waals surface area contributed by atoms with Crippen LogP contribution in [-0.2, 0) is 24.0 Å². The molecule has 0 spiro atoms. The van der Waals surface area contributed by atoms with E-state index in [1.807, 2.05) is 0 Å².